The second-order valence-corrected chi connectivity index (χ2v) is 3.74. The number of phenolic OH excluding ortho intramolecular Hbond substituents is 1. The van der Waals surface area contributed by atoms with Gasteiger partial charge in [-0.1, -0.05) is 0 Å². The molecule has 0 saturated heterocycles. The Morgan fingerprint density at radius 1 is 1.56 bits per heavy atom. The molecule has 88 valence electrons. The zero-order valence-corrected chi connectivity index (χ0v) is 9.40. The topological polar surface area (TPSA) is 50.7 Å². The minimum absolute atomic E-state index is 0.205. The first-order chi connectivity index (χ1) is 7.81. The SMILES string of the molecule is CCOCCNC1COc2cc(O)ccc21. The van der Waals surface area contributed by atoms with E-state index >= 15 is 0 Å². The predicted octanol–water partition coefficient (Wildman–Crippen LogP) is 1.45. The monoisotopic (exact) mass is 223 g/mol. The number of hydrogen-bond donors (Lipinski definition) is 2. The van der Waals surface area contributed by atoms with E-state index in [4.69, 9.17) is 9.47 Å². The maximum absolute atomic E-state index is 9.31. The molecular weight excluding hydrogens is 206 g/mol. The van der Waals surface area contributed by atoms with Gasteiger partial charge in [0.1, 0.15) is 18.1 Å². The van der Waals surface area contributed by atoms with Crippen molar-refractivity contribution >= 4 is 0 Å². The van der Waals surface area contributed by atoms with Crippen LogP contribution in [0.4, 0.5) is 0 Å². The van der Waals surface area contributed by atoms with Gasteiger partial charge in [0.15, 0.2) is 0 Å². The molecule has 1 aromatic carbocycles. The summed E-state index contributed by atoms with van der Waals surface area (Å²) < 4.78 is 10.7. The summed E-state index contributed by atoms with van der Waals surface area (Å²) in [5.74, 6) is 1.02. The van der Waals surface area contributed by atoms with Gasteiger partial charge in [-0.25, -0.2) is 0 Å². The number of rotatable bonds is 5. The van der Waals surface area contributed by atoms with Crippen LogP contribution in [0.5, 0.6) is 11.5 Å². The van der Waals surface area contributed by atoms with Gasteiger partial charge >= 0.3 is 0 Å². The van der Waals surface area contributed by atoms with Crippen molar-refractivity contribution in [3.63, 3.8) is 0 Å². The van der Waals surface area contributed by atoms with Gasteiger partial charge in [-0.15, -0.1) is 0 Å². The lowest BCUT2D eigenvalue weighted by Crippen LogP contribution is -2.26. The Balaban J connectivity index is 1.91. The molecule has 4 heteroatoms. The average molecular weight is 223 g/mol. The maximum Gasteiger partial charge on any atom is 0.127 e. The Labute approximate surface area is 95.2 Å². The van der Waals surface area contributed by atoms with Crippen molar-refractivity contribution in [3.05, 3.63) is 23.8 Å². The van der Waals surface area contributed by atoms with Crippen LogP contribution in [-0.2, 0) is 4.74 Å². The fraction of sp³-hybridized carbons (Fsp3) is 0.500. The van der Waals surface area contributed by atoms with E-state index in [0.29, 0.717) is 13.2 Å². The zero-order chi connectivity index (χ0) is 11.4. The largest absolute Gasteiger partial charge is 0.508 e. The number of fused-ring (bicyclic) bond motifs is 1. The Kier molecular flexibility index (Phi) is 3.64. The van der Waals surface area contributed by atoms with Crippen LogP contribution in [0, 0.1) is 0 Å². The highest BCUT2D eigenvalue weighted by molar-refractivity contribution is 5.44. The lowest BCUT2D eigenvalue weighted by molar-refractivity contribution is 0.145. The third-order valence-corrected chi connectivity index (χ3v) is 2.62. The van der Waals surface area contributed by atoms with Gasteiger partial charge in [-0.3, -0.25) is 0 Å². The first-order valence-electron chi connectivity index (χ1n) is 5.58. The summed E-state index contributed by atoms with van der Waals surface area (Å²) in [6, 6.07) is 5.44. The van der Waals surface area contributed by atoms with Crippen molar-refractivity contribution in [1.29, 1.82) is 0 Å². The van der Waals surface area contributed by atoms with Crippen molar-refractivity contribution < 1.29 is 14.6 Å². The van der Waals surface area contributed by atoms with Gasteiger partial charge < -0.3 is 19.9 Å². The van der Waals surface area contributed by atoms with Crippen LogP contribution in [0.2, 0.25) is 0 Å². The molecule has 0 bridgehead atoms. The first-order valence-corrected chi connectivity index (χ1v) is 5.58. The summed E-state index contributed by atoms with van der Waals surface area (Å²) in [7, 11) is 0. The van der Waals surface area contributed by atoms with Crippen molar-refractivity contribution in [2.75, 3.05) is 26.4 Å². The molecule has 1 aliphatic heterocycles. The normalized spacial score (nSPS) is 18.2. The molecule has 16 heavy (non-hydrogen) atoms. The van der Waals surface area contributed by atoms with E-state index in [1.54, 1.807) is 12.1 Å². The summed E-state index contributed by atoms with van der Waals surface area (Å²) in [5.41, 5.74) is 1.11. The number of hydrogen-bond acceptors (Lipinski definition) is 4. The van der Waals surface area contributed by atoms with E-state index in [1.165, 1.54) is 0 Å². The Morgan fingerprint density at radius 3 is 3.25 bits per heavy atom. The Bertz CT molecular complexity index is 354. The average Bonchev–Trinajstić information content (AvgIpc) is 2.67. The van der Waals surface area contributed by atoms with Crippen molar-refractivity contribution in [2.24, 2.45) is 0 Å². The summed E-state index contributed by atoms with van der Waals surface area (Å²) in [5, 5.41) is 12.7. The minimum atomic E-state index is 0.205. The van der Waals surface area contributed by atoms with Gasteiger partial charge in [-0.05, 0) is 19.1 Å². The molecule has 1 aliphatic rings. The molecule has 0 aliphatic carbocycles. The van der Waals surface area contributed by atoms with Gasteiger partial charge in [0.05, 0.1) is 12.6 Å². The van der Waals surface area contributed by atoms with Crippen LogP contribution in [0.3, 0.4) is 0 Å². The molecule has 4 nitrogen and oxygen atoms in total. The van der Waals surface area contributed by atoms with E-state index < -0.39 is 0 Å². The molecular formula is C12H17NO3. The van der Waals surface area contributed by atoms with Crippen LogP contribution in [0.15, 0.2) is 18.2 Å². The fourth-order valence-electron chi connectivity index (χ4n) is 1.82. The standard InChI is InChI=1S/C12H17NO3/c1-2-15-6-5-13-11-8-16-12-7-9(14)3-4-10(11)12/h3-4,7,11,13-14H,2,5-6,8H2,1H3. The van der Waals surface area contributed by atoms with E-state index in [2.05, 4.69) is 5.32 Å². The number of aromatic hydroxyl groups is 1. The highest BCUT2D eigenvalue weighted by atomic mass is 16.5. The van der Waals surface area contributed by atoms with Gasteiger partial charge in [0, 0.05) is 24.8 Å². The van der Waals surface area contributed by atoms with Crippen LogP contribution >= 0.6 is 0 Å². The summed E-state index contributed by atoms with van der Waals surface area (Å²) in [6.07, 6.45) is 0. The molecule has 0 saturated carbocycles. The van der Waals surface area contributed by atoms with Crippen molar-refractivity contribution in [3.8, 4) is 11.5 Å². The Hall–Kier alpha value is -1.26. The van der Waals surface area contributed by atoms with E-state index in [-0.39, 0.29) is 11.8 Å². The number of ether oxygens (including phenoxy) is 2. The molecule has 2 rings (SSSR count). The molecule has 1 unspecified atom stereocenters. The molecule has 1 atom stereocenters. The number of benzene rings is 1. The van der Waals surface area contributed by atoms with Crippen LogP contribution in [-0.4, -0.2) is 31.5 Å². The molecule has 0 aromatic heterocycles. The van der Waals surface area contributed by atoms with Gasteiger partial charge in [0.25, 0.3) is 0 Å². The van der Waals surface area contributed by atoms with E-state index in [1.807, 2.05) is 13.0 Å². The molecule has 0 amide bonds. The molecule has 0 fully saturated rings. The smallest absolute Gasteiger partial charge is 0.127 e. The second-order valence-electron chi connectivity index (χ2n) is 3.74. The quantitative estimate of drug-likeness (QED) is 0.742. The van der Waals surface area contributed by atoms with Gasteiger partial charge in [-0.2, -0.15) is 0 Å². The number of phenols is 1. The fourth-order valence-corrected chi connectivity index (χ4v) is 1.82. The molecule has 1 aromatic rings. The maximum atomic E-state index is 9.31. The van der Waals surface area contributed by atoms with E-state index in [9.17, 15) is 5.11 Å². The van der Waals surface area contributed by atoms with Crippen LogP contribution in [0.25, 0.3) is 0 Å². The minimum Gasteiger partial charge on any atom is -0.508 e. The zero-order valence-electron chi connectivity index (χ0n) is 9.40. The highest BCUT2D eigenvalue weighted by Crippen LogP contribution is 2.34. The lowest BCUT2D eigenvalue weighted by atomic mass is 10.1. The third kappa shape index (κ3) is 2.46. The molecule has 2 N–H and O–H groups in total. The molecule has 0 spiro atoms. The Morgan fingerprint density at radius 2 is 2.44 bits per heavy atom. The van der Waals surface area contributed by atoms with Crippen molar-refractivity contribution in [1.82, 2.24) is 5.32 Å². The second kappa shape index (κ2) is 5.18. The van der Waals surface area contributed by atoms with Crippen molar-refractivity contribution in [2.45, 2.75) is 13.0 Å². The lowest BCUT2D eigenvalue weighted by Gasteiger charge is -2.11. The summed E-state index contributed by atoms with van der Waals surface area (Å²) >= 11 is 0. The molecule has 0 radical (unpaired) electrons. The summed E-state index contributed by atoms with van der Waals surface area (Å²) in [4.78, 5) is 0. The van der Waals surface area contributed by atoms with Gasteiger partial charge in [0.2, 0.25) is 0 Å². The number of nitrogens with one attached hydrogen (secondary N) is 1. The highest BCUT2D eigenvalue weighted by Gasteiger charge is 2.23. The summed E-state index contributed by atoms with van der Waals surface area (Å²) in [6.45, 7) is 4.86. The first kappa shape index (κ1) is 11.2. The molecule has 1 heterocycles. The van der Waals surface area contributed by atoms with Crippen LogP contribution in [0.1, 0.15) is 18.5 Å². The van der Waals surface area contributed by atoms with Crippen LogP contribution < -0.4 is 10.1 Å². The predicted molar refractivity (Wildman–Crippen MR) is 60.8 cm³/mol. The van der Waals surface area contributed by atoms with E-state index in [0.717, 1.165) is 24.5 Å². The third-order valence-electron chi connectivity index (χ3n) is 2.62.